The molecule has 2 rings (SSSR count). The monoisotopic (exact) mass is 320 g/mol. The van der Waals surface area contributed by atoms with Gasteiger partial charge in [0.25, 0.3) is 0 Å². The van der Waals surface area contributed by atoms with Crippen molar-refractivity contribution in [2.75, 3.05) is 13.2 Å². The van der Waals surface area contributed by atoms with E-state index in [4.69, 9.17) is 0 Å². The van der Waals surface area contributed by atoms with Crippen LogP contribution in [0.15, 0.2) is 23.4 Å². The number of likely N-dealkylation sites (N-methyl/N-ethyl adjacent to an activating group) is 1. The molecule has 0 radical (unpaired) electrons. The van der Waals surface area contributed by atoms with Gasteiger partial charge in [0.1, 0.15) is 0 Å². The summed E-state index contributed by atoms with van der Waals surface area (Å²) in [7, 11) is 0. The second-order valence-electron chi connectivity index (χ2n) is 5.33. The van der Waals surface area contributed by atoms with Gasteiger partial charge in [-0.3, -0.25) is 0 Å². The number of rotatable bonds is 5. The van der Waals surface area contributed by atoms with Gasteiger partial charge in [-0.05, 0) is 37.9 Å². The smallest absolute Gasteiger partial charge is 0.394 e. The lowest BCUT2D eigenvalue weighted by atomic mass is 9.99. The molecule has 2 unspecified atom stereocenters. The van der Waals surface area contributed by atoms with Crippen LogP contribution in [0.4, 0.5) is 13.2 Å². The molecule has 1 aliphatic rings. The van der Waals surface area contributed by atoms with Gasteiger partial charge >= 0.3 is 6.18 Å². The van der Waals surface area contributed by atoms with Crippen LogP contribution >= 0.6 is 11.8 Å². The number of hydrogen-bond acceptors (Lipinski definition) is 4. The number of aliphatic hydroxyl groups excluding tert-OH is 1. The van der Waals surface area contributed by atoms with E-state index < -0.39 is 11.7 Å². The van der Waals surface area contributed by atoms with Gasteiger partial charge in [0.05, 0.1) is 17.2 Å². The predicted molar refractivity (Wildman–Crippen MR) is 76.2 cm³/mol. The first-order chi connectivity index (χ1) is 9.88. The fraction of sp³-hybridized carbons (Fsp3) is 0.643. The van der Waals surface area contributed by atoms with Gasteiger partial charge in [0.2, 0.25) is 0 Å². The van der Waals surface area contributed by atoms with E-state index in [2.05, 4.69) is 10.3 Å². The molecule has 1 aromatic heterocycles. The Morgan fingerprint density at radius 1 is 1.48 bits per heavy atom. The van der Waals surface area contributed by atoms with E-state index >= 15 is 0 Å². The molecule has 7 heteroatoms. The lowest BCUT2D eigenvalue weighted by molar-refractivity contribution is -0.137. The summed E-state index contributed by atoms with van der Waals surface area (Å²) in [6.45, 7) is 2.87. The fourth-order valence-electron chi connectivity index (χ4n) is 2.70. The third-order valence-corrected chi connectivity index (χ3v) is 4.99. The highest BCUT2D eigenvalue weighted by atomic mass is 32.2. The quantitative estimate of drug-likeness (QED) is 0.875. The SMILES string of the molecule is CCNC1(CO)CCC(Sc2ccc(C(F)(F)F)cn2)C1. The van der Waals surface area contributed by atoms with Crippen molar-refractivity contribution in [3.8, 4) is 0 Å². The molecule has 0 aromatic carbocycles. The van der Waals surface area contributed by atoms with Crippen LogP contribution in [-0.4, -0.2) is 34.0 Å². The molecule has 3 nitrogen and oxygen atoms in total. The number of hydrogen-bond donors (Lipinski definition) is 2. The van der Waals surface area contributed by atoms with Crippen molar-refractivity contribution >= 4 is 11.8 Å². The number of pyridine rings is 1. The Hall–Kier alpha value is -0.790. The van der Waals surface area contributed by atoms with Gasteiger partial charge in [0.15, 0.2) is 0 Å². The highest BCUT2D eigenvalue weighted by Crippen LogP contribution is 2.40. The van der Waals surface area contributed by atoms with E-state index in [1.165, 1.54) is 17.8 Å². The molecule has 1 heterocycles. The average molecular weight is 320 g/mol. The van der Waals surface area contributed by atoms with Gasteiger partial charge in [-0.25, -0.2) is 4.98 Å². The van der Waals surface area contributed by atoms with Crippen LogP contribution in [0.2, 0.25) is 0 Å². The summed E-state index contributed by atoms with van der Waals surface area (Å²) in [4.78, 5) is 3.89. The number of aliphatic hydroxyl groups is 1. The molecule has 0 bridgehead atoms. The van der Waals surface area contributed by atoms with Crippen LogP contribution in [0, 0.1) is 0 Å². The molecule has 2 atom stereocenters. The lowest BCUT2D eigenvalue weighted by Gasteiger charge is -2.27. The Bertz CT molecular complexity index is 466. The Morgan fingerprint density at radius 3 is 2.76 bits per heavy atom. The van der Waals surface area contributed by atoms with Gasteiger partial charge in [-0.15, -0.1) is 11.8 Å². The zero-order valence-corrected chi connectivity index (χ0v) is 12.6. The molecule has 0 amide bonds. The number of aromatic nitrogens is 1. The normalized spacial score (nSPS) is 26.2. The van der Waals surface area contributed by atoms with Crippen molar-refractivity contribution in [3.05, 3.63) is 23.9 Å². The number of nitrogens with zero attached hydrogens (tertiary/aromatic N) is 1. The number of halogens is 3. The van der Waals surface area contributed by atoms with E-state index in [9.17, 15) is 18.3 Å². The molecule has 0 aliphatic heterocycles. The molecule has 21 heavy (non-hydrogen) atoms. The lowest BCUT2D eigenvalue weighted by Crippen LogP contribution is -2.46. The fourth-order valence-corrected chi connectivity index (χ4v) is 3.94. The van der Waals surface area contributed by atoms with Gasteiger partial charge in [0, 0.05) is 17.0 Å². The van der Waals surface area contributed by atoms with Gasteiger partial charge in [-0.1, -0.05) is 6.92 Å². The summed E-state index contributed by atoms with van der Waals surface area (Å²) >= 11 is 1.48. The van der Waals surface area contributed by atoms with Crippen LogP contribution in [0.1, 0.15) is 31.7 Å². The Morgan fingerprint density at radius 2 is 2.24 bits per heavy atom. The summed E-state index contributed by atoms with van der Waals surface area (Å²) in [5.74, 6) is 0. The largest absolute Gasteiger partial charge is 0.417 e. The second-order valence-corrected chi connectivity index (χ2v) is 6.65. The maximum Gasteiger partial charge on any atom is 0.417 e. The van der Waals surface area contributed by atoms with E-state index in [0.29, 0.717) is 5.03 Å². The second kappa shape index (κ2) is 6.54. The highest BCUT2D eigenvalue weighted by molar-refractivity contribution is 7.99. The van der Waals surface area contributed by atoms with Crippen molar-refractivity contribution < 1.29 is 18.3 Å². The standard InChI is InChI=1S/C14H19F3N2OS/c1-2-19-13(9-20)6-5-11(7-13)21-12-4-3-10(8-18-12)14(15,16)17/h3-4,8,11,19-20H,2,5-7,9H2,1H3. The molecule has 0 spiro atoms. The van der Waals surface area contributed by atoms with Gasteiger partial charge in [-0.2, -0.15) is 13.2 Å². The molecular formula is C14H19F3N2OS. The van der Waals surface area contributed by atoms with Crippen LogP contribution in [-0.2, 0) is 6.18 Å². The topological polar surface area (TPSA) is 45.1 Å². The van der Waals surface area contributed by atoms with Crippen molar-refractivity contribution in [1.29, 1.82) is 0 Å². The first-order valence-corrected chi connectivity index (χ1v) is 7.82. The van der Waals surface area contributed by atoms with Crippen LogP contribution in [0.3, 0.4) is 0 Å². The minimum Gasteiger partial charge on any atom is -0.394 e. The molecule has 1 aliphatic carbocycles. The minimum atomic E-state index is -4.35. The van der Waals surface area contributed by atoms with Gasteiger partial charge < -0.3 is 10.4 Å². The van der Waals surface area contributed by atoms with Crippen molar-refractivity contribution in [1.82, 2.24) is 10.3 Å². The maximum atomic E-state index is 12.5. The number of alkyl halides is 3. The van der Waals surface area contributed by atoms with E-state index in [-0.39, 0.29) is 17.4 Å². The van der Waals surface area contributed by atoms with E-state index in [1.54, 1.807) is 0 Å². The van der Waals surface area contributed by atoms with Crippen molar-refractivity contribution in [2.24, 2.45) is 0 Å². The first kappa shape index (κ1) is 16.6. The van der Waals surface area contributed by atoms with Crippen LogP contribution in [0.5, 0.6) is 0 Å². The van der Waals surface area contributed by atoms with Crippen molar-refractivity contribution in [3.63, 3.8) is 0 Å². The predicted octanol–water partition coefficient (Wildman–Crippen LogP) is 3.09. The minimum absolute atomic E-state index is 0.0817. The van der Waals surface area contributed by atoms with Crippen LogP contribution < -0.4 is 5.32 Å². The van der Waals surface area contributed by atoms with E-state index in [1.807, 2.05) is 6.92 Å². The average Bonchev–Trinajstić information content (AvgIpc) is 2.82. The molecule has 0 saturated heterocycles. The molecule has 118 valence electrons. The third kappa shape index (κ3) is 4.11. The summed E-state index contributed by atoms with van der Waals surface area (Å²) < 4.78 is 37.4. The zero-order valence-electron chi connectivity index (χ0n) is 11.8. The maximum absolute atomic E-state index is 12.5. The first-order valence-electron chi connectivity index (χ1n) is 6.94. The summed E-state index contributed by atoms with van der Waals surface area (Å²) in [6.07, 6.45) is -0.886. The molecule has 1 fully saturated rings. The molecule has 2 N–H and O–H groups in total. The number of nitrogens with one attached hydrogen (secondary N) is 1. The molecule has 1 saturated carbocycles. The van der Waals surface area contributed by atoms with Crippen LogP contribution in [0.25, 0.3) is 0 Å². The van der Waals surface area contributed by atoms with E-state index in [0.717, 1.165) is 38.1 Å². The summed E-state index contributed by atoms with van der Waals surface area (Å²) in [6, 6.07) is 2.48. The van der Waals surface area contributed by atoms with Crippen molar-refractivity contribution in [2.45, 2.75) is 48.2 Å². The third-order valence-electron chi connectivity index (χ3n) is 3.77. The number of thioether (sulfide) groups is 1. The molecule has 1 aromatic rings. The Balaban J connectivity index is 1.97. The molecular weight excluding hydrogens is 301 g/mol. The summed E-state index contributed by atoms with van der Waals surface area (Å²) in [5, 5.41) is 13.7. The Kier molecular flexibility index (Phi) is 5.16. The zero-order chi connectivity index (χ0) is 15.5. The summed E-state index contributed by atoms with van der Waals surface area (Å²) in [5.41, 5.74) is -0.978. The Labute approximate surface area is 126 Å². The highest BCUT2D eigenvalue weighted by Gasteiger charge is 2.38.